The SMILES string of the molecule is CC(C)(C)OC(=O)N1CCN(c2ncccc2[C@H]2CCCN2C(=O)c2ccccc2)CC1. The second-order valence-electron chi connectivity index (χ2n) is 9.39. The molecule has 7 heteroatoms. The largest absolute Gasteiger partial charge is 0.444 e. The third kappa shape index (κ3) is 4.87. The summed E-state index contributed by atoms with van der Waals surface area (Å²) in [5.74, 6) is 0.978. The first-order valence-electron chi connectivity index (χ1n) is 11.4. The smallest absolute Gasteiger partial charge is 0.410 e. The molecule has 2 amide bonds. The normalized spacial score (nSPS) is 19.2. The summed E-state index contributed by atoms with van der Waals surface area (Å²) < 4.78 is 5.51. The number of pyridine rings is 1. The van der Waals surface area contributed by atoms with Gasteiger partial charge in [-0.25, -0.2) is 9.78 Å². The lowest BCUT2D eigenvalue weighted by Crippen LogP contribution is -2.50. The first kappa shape index (κ1) is 22.1. The average molecular weight is 437 g/mol. The minimum atomic E-state index is -0.500. The van der Waals surface area contributed by atoms with Gasteiger partial charge in [-0.1, -0.05) is 24.3 Å². The molecule has 7 nitrogen and oxygen atoms in total. The van der Waals surface area contributed by atoms with Crippen molar-refractivity contribution in [1.29, 1.82) is 0 Å². The van der Waals surface area contributed by atoms with E-state index in [9.17, 15) is 9.59 Å². The van der Waals surface area contributed by atoms with Crippen molar-refractivity contribution in [2.24, 2.45) is 0 Å². The van der Waals surface area contributed by atoms with Crippen molar-refractivity contribution >= 4 is 17.8 Å². The fourth-order valence-electron chi connectivity index (χ4n) is 4.44. The number of ether oxygens (including phenoxy) is 1. The van der Waals surface area contributed by atoms with E-state index < -0.39 is 5.60 Å². The minimum Gasteiger partial charge on any atom is -0.444 e. The molecule has 3 heterocycles. The molecule has 32 heavy (non-hydrogen) atoms. The van der Waals surface area contributed by atoms with Crippen molar-refractivity contribution in [3.05, 3.63) is 59.8 Å². The maximum atomic E-state index is 13.2. The lowest BCUT2D eigenvalue weighted by molar-refractivity contribution is 0.0240. The molecular weight excluding hydrogens is 404 g/mol. The molecule has 2 fully saturated rings. The number of anilines is 1. The van der Waals surface area contributed by atoms with Crippen LogP contribution in [0.25, 0.3) is 0 Å². The van der Waals surface area contributed by atoms with Crippen molar-refractivity contribution in [1.82, 2.24) is 14.8 Å². The van der Waals surface area contributed by atoms with Gasteiger partial charge in [0.15, 0.2) is 0 Å². The van der Waals surface area contributed by atoms with Crippen molar-refractivity contribution in [2.75, 3.05) is 37.6 Å². The maximum Gasteiger partial charge on any atom is 0.410 e. The van der Waals surface area contributed by atoms with Crippen molar-refractivity contribution < 1.29 is 14.3 Å². The molecule has 1 aromatic carbocycles. The first-order valence-corrected chi connectivity index (χ1v) is 11.4. The molecule has 1 atom stereocenters. The average Bonchev–Trinajstić information content (AvgIpc) is 3.28. The second-order valence-corrected chi connectivity index (χ2v) is 9.39. The Kier molecular flexibility index (Phi) is 6.35. The van der Waals surface area contributed by atoms with E-state index in [2.05, 4.69) is 11.0 Å². The van der Waals surface area contributed by atoms with Crippen molar-refractivity contribution in [3.63, 3.8) is 0 Å². The van der Waals surface area contributed by atoms with Crippen LogP contribution in [0.4, 0.5) is 10.6 Å². The second kappa shape index (κ2) is 9.18. The van der Waals surface area contributed by atoms with E-state index in [1.165, 1.54) is 0 Å². The summed E-state index contributed by atoms with van der Waals surface area (Å²) in [4.78, 5) is 36.2. The number of hydrogen-bond donors (Lipinski definition) is 0. The third-order valence-electron chi connectivity index (χ3n) is 5.94. The monoisotopic (exact) mass is 436 g/mol. The lowest BCUT2D eigenvalue weighted by atomic mass is 10.0. The number of likely N-dealkylation sites (tertiary alicyclic amines) is 1. The van der Waals surface area contributed by atoms with Crippen LogP contribution in [0.15, 0.2) is 48.7 Å². The number of benzene rings is 1. The molecule has 1 aromatic heterocycles. The summed E-state index contributed by atoms with van der Waals surface area (Å²) in [7, 11) is 0. The van der Waals surface area contributed by atoms with Crippen LogP contribution in [0.5, 0.6) is 0 Å². The topological polar surface area (TPSA) is 66.0 Å². The summed E-state index contributed by atoms with van der Waals surface area (Å²) in [6, 6.07) is 13.5. The minimum absolute atomic E-state index is 0.00953. The molecule has 0 aliphatic carbocycles. The Morgan fingerprint density at radius 1 is 0.969 bits per heavy atom. The van der Waals surface area contributed by atoms with Crippen LogP contribution >= 0.6 is 0 Å². The Labute approximate surface area is 190 Å². The van der Waals surface area contributed by atoms with Crippen molar-refractivity contribution in [2.45, 2.75) is 45.3 Å². The van der Waals surface area contributed by atoms with Crippen LogP contribution in [0.3, 0.4) is 0 Å². The zero-order valence-corrected chi connectivity index (χ0v) is 19.2. The number of aromatic nitrogens is 1. The molecule has 0 unspecified atom stereocenters. The van der Waals surface area contributed by atoms with Gasteiger partial charge in [0, 0.05) is 50.0 Å². The Hall–Kier alpha value is -3.09. The van der Waals surface area contributed by atoms with Gasteiger partial charge in [0.2, 0.25) is 0 Å². The molecule has 0 radical (unpaired) electrons. The zero-order chi connectivity index (χ0) is 22.7. The summed E-state index contributed by atoms with van der Waals surface area (Å²) in [6.45, 7) is 8.93. The number of piperazine rings is 1. The van der Waals surface area contributed by atoms with Gasteiger partial charge in [0.25, 0.3) is 5.91 Å². The zero-order valence-electron chi connectivity index (χ0n) is 19.2. The number of rotatable bonds is 3. The van der Waals surface area contributed by atoms with E-state index in [1.54, 1.807) is 11.1 Å². The molecule has 170 valence electrons. The number of hydrogen-bond acceptors (Lipinski definition) is 5. The number of amides is 2. The Balaban J connectivity index is 1.49. The molecule has 2 saturated heterocycles. The van der Waals surface area contributed by atoms with E-state index in [0.29, 0.717) is 26.2 Å². The molecule has 2 aliphatic heterocycles. The molecular formula is C25H32N4O3. The highest BCUT2D eigenvalue weighted by Gasteiger charge is 2.34. The molecule has 0 spiro atoms. The summed E-state index contributed by atoms with van der Waals surface area (Å²) in [5.41, 5.74) is 1.30. The van der Waals surface area contributed by atoms with E-state index in [0.717, 1.165) is 36.3 Å². The molecule has 0 saturated carbocycles. The van der Waals surface area contributed by atoms with Crippen LogP contribution in [0.2, 0.25) is 0 Å². The first-order chi connectivity index (χ1) is 15.3. The molecule has 0 bridgehead atoms. The van der Waals surface area contributed by atoms with Gasteiger partial charge in [-0.05, 0) is 51.8 Å². The van der Waals surface area contributed by atoms with Crippen molar-refractivity contribution in [3.8, 4) is 0 Å². The van der Waals surface area contributed by atoms with Gasteiger partial charge in [-0.3, -0.25) is 4.79 Å². The van der Waals surface area contributed by atoms with Gasteiger partial charge in [-0.2, -0.15) is 0 Å². The highest BCUT2D eigenvalue weighted by Crippen LogP contribution is 2.37. The summed E-state index contributed by atoms with van der Waals surface area (Å²) in [5, 5.41) is 0. The summed E-state index contributed by atoms with van der Waals surface area (Å²) in [6.07, 6.45) is 3.44. The number of nitrogens with zero attached hydrogens (tertiary/aromatic N) is 4. The Morgan fingerprint density at radius 3 is 2.38 bits per heavy atom. The molecule has 4 rings (SSSR count). The van der Waals surface area contributed by atoms with Gasteiger partial charge in [-0.15, -0.1) is 0 Å². The van der Waals surface area contributed by atoms with Crippen LogP contribution in [-0.2, 0) is 4.74 Å². The van der Waals surface area contributed by atoms with Gasteiger partial charge < -0.3 is 19.4 Å². The highest BCUT2D eigenvalue weighted by molar-refractivity contribution is 5.94. The lowest BCUT2D eigenvalue weighted by Gasteiger charge is -2.37. The van der Waals surface area contributed by atoms with Crippen LogP contribution in [0, 0.1) is 0 Å². The van der Waals surface area contributed by atoms with Gasteiger partial charge in [0.1, 0.15) is 11.4 Å². The Morgan fingerprint density at radius 2 is 1.69 bits per heavy atom. The molecule has 0 N–H and O–H groups in total. The predicted octanol–water partition coefficient (Wildman–Crippen LogP) is 4.12. The van der Waals surface area contributed by atoms with Crippen LogP contribution in [0.1, 0.15) is 55.6 Å². The number of carbonyl (C=O) groups is 2. The van der Waals surface area contributed by atoms with Crippen LogP contribution < -0.4 is 4.90 Å². The number of carbonyl (C=O) groups excluding carboxylic acids is 2. The quantitative estimate of drug-likeness (QED) is 0.724. The van der Waals surface area contributed by atoms with Gasteiger partial charge in [0.05, 0.1) is 6.04 Å². The fourth-order valence-corrected chi connectivity index (χ4v) is 4.44. The van der Waals surface area contributed by atoms with Gasteiger partial charge >= 0.3 is 6.09 Å². The third-order valence-corrected chi connectivity index (χ3v) is 5.94. The van der Waals surface area contributed by atoms with Crippen LogP contribution in [-0.4, -0.2) is 65.1 Å². The highest BCUT2D eigenvalue weighted by atomic mass is 16.6. The maximum absolute atomic E-state index is 13.2. The standard InChI is InChI=1S/C25H32N4O3/c1-25(2,3)32-24(31)28-17-15-27(16-18-28)22-20(11-7-13-26-22)21-12-8-14-29(21)23(30)19-9-5-4-6-10-19/h4-7,9-11,13,21H,8,12,14-18H2,1-3H3/t21-/m1/s1. The molecule has 2 aliphatic rings. The predicted molar refractivity (Wildman–Crippen MR) is 124 cm³/mol. The van der Waals surface area contributed by atoms with E-state index >= 15 is 0 Å². The Bertz CT molecular complexity index is 949. The van der Waals surface area contributed by atoms with E-state index in [4.69, 9.17) is 9.72 Å². The fraction of sp³-hybridized carbons (Fsp3) is 0.480. The van der Waals surface area contributed by atoms with E-state index in [-0.39, 0.29) is 18.0 Å². The van der Waals surface area contributed by atoms with E-state index in [1.807, 2.05) is 62.1 Å². The molecule has 2 aromatic rings. The summed E-state index contributed by atoms with van der Waals surface area (Å²) >= 11 is 0.